The van der Waals surface area contributed by atoms with E-state index in [-0.39, 0.29) is 28.2 Å². The quantitative estimate of drug-likeness (QED) is 0.247. The monoisotopic (exact) mass is 546 g/mol. The Labute approximate surface area is 229 Å². The van der Waals surface area contributed by atoms with Crippen molar-refractivity contribution in [1.29, 1.82) is 0 Å². The highest BCUT2D eigenvalue weighted by Gasteiger charge is 2.38. The lowest BCUT2D eigenvalue weighted by molar-refractivity contribution is -0.123. The van der Waals surface area contributed by atoms with Crippen LogP contribution >= 0.6 is 11.5 Å². The van der Waals surface area contributed by atoms with E-state index in [0.29, 0.717) is 23.6 Å². The molecule has 10 nitrogen and oxygen atoms in total. The van der Waals surface area contributed by atoms with E-state index < -0.39 is 17.9 Å². The zero-order valence-corrected chi connectivity index (χ0v) is 22.3. The second-order valence-corrected chi connectivity index (χ2v) is 10.2. The summed E-state index contributed by atoms with van der Waals surface area (Å²) in [5.74, 6) is -1.09. The summed E-state index contributed by atoms with van der Waals surface area (Å²) >= 11 is 0.779. The predicted octanol–water partition coefficient (Wildman–Crippen LogP) is 4.15. The van der Waals surface area contributed by atoms with E-state index in [4.69, 9.17) is 16.2 Å². The number of rotatable bonds is 9. The lowest BCUT2D eigenvalue weighted by Gasteiger charge is -2.32. The zero-order valence-electron chi connectivity index (χ0n) is 21.5. The molecule has 11 heteroatoms. The molecule has 1 saturated carbocycles. The molecule has 1 fully saturated rings. The molecule has 1 unspecified atom stereocenters. The molecule has 6 N–H and O–H groups in total. The van der Waals surface area contributed by atoms with E-state index in [9.17, 15) is 14.4 Å². The zero-order chi connectivity index (χ0) is 27.5. The molecule has 0 radical (unpaired) electrons. The van der Waals surface area contributed by atoms with Crippen LogP contribution in [0.3, 0.4) is 0 Å². The highest BCUT2D eigenvalue weighted by molar-refractivity contribution is 7.09. The fourth-order valence-electron chi connectivity index (χ4n) is 5.06. The van der Waals surface area contributed by atoms with Crippen LogP contribution in [0.25, 0.3) is 10.9 Å². The molecule has 2 aromatic heterocycles. The smallest absolute Gasteiger partial charge is 0.273 e. The number of aromatic amines is 1. The van der Waals surface area contributed by atoms with Gasteiger partial charge in [0.2, 0.25) is 5.91 Å². The summed E-state index contributed by atoms with van der Waals surface area (Å²) in [7, 11) is 0. The van der Waals surface area contributed by atoms with Gasteiger partial charge >= 0.3 is 0 Å². The number of carbonyl (C=O) groups excluding carboxylic acids is 3. The summed E-state index contributed by atoms with van der Waals surface area (Å²) in [6.45, 7) is 2.37. The molecule has 2 heterocycles. The highest BCUT2D eigenvalue weighted by atomic mass is 32.1. The Morgan fingerprint density at radius 3 is 2.54 bits per heavy atom. The number of hydrogen-bond acceptors (Lipinski definition) is 7. The summed E-state index contributed by atoms with van der Waals surface area (Å²) in [6, 6.07) is 13.5. The Hall–Kier alpha value is -4.38. The van der Waals surface area contributed by atoms with E-state index in [1.807, 2.05) is 31.2 Å². The number of hydrogen-bond donors (Lipinski definition) is 4. The second-order valence-electron chi connectivity index (χ2n) is 9.42. The number of benzene rings is 2. The van der Waals surface area contributed by atoms with Gasteiger partial charge in [0.15, 0.2) is 5.69 Å². The Bertz CT molecular complexity index is 1510. The van der Waals surface area contributed by atoms with E-state index in [1.165, 1.54) is 4.90 Å². The van der Waals surface area contributed by atoms with Gasteiger partial charge in [-0.25, -0.2) is 0 Å². The Balaban J connectivity index is 1.67. The van der Waals surface area contributed by atoms with E-state index in [0.717, 1.165) is 48.1 Å². The molecule has 39 heavy (non-hydrogen) atoms. The fourth-order valence-corrected chi connectivity index (χ4v) is 5.80. The third-order valence-corrected chi connectivity index (χ3v) is 7.78. The molecule has 0 bridgehead atoms. The number of nitrogens with two attached hydrogens (primary N) is 2. The van der Waals surface area contributed by atoms with Crippen molar-refractivity contribution >= 4 is 51.5 Å². The first kappa shape index (κ1) is 26.2. The van der Waals surface area contributed by atoms with Crippen LogP contribution in [0.5, 0.6) is 5.75 Å². The van der Waals surface area contributed by atoms with Gasteiger partial charge in [-0.15, -0.1) is 0 Å². The second kappa shape index (κ2) is 11.2. The minimum Gasteiger partial charge on any atom is -0.494 e. The fraction of sp³-hybridized carbons (Fsp3) is 0.286. The normalized spacial score (nSPS) is 14.3. The van der Waals surface area contributed by atoms with Crippen molar-refractivity contribution in [1.82, 2.24) is 14.7 Å². The molecular weight excluding hydrogens is 516 g/mol. The van der Waals surface area contributed by atoms with Crippen LogP contribution in [0.2, 0.25) is 0 Å². The number of nitrogen functional groups attached to an aromatic ring is 1. The minimum atomic E-state index is -1.05. The Morgan fingerprint density at radius 2 is 1.87 bits per heavy atom. The number of H-pyrrole nitrogens is 1. The van der Waals surface area contributed by atoms with Gasteiger partial charge in [-0.05, 0) is 61.6 Å². The third-order valence-electron chi connectivity index (χ3n) is 6.92. The van der Waals surface area contributed by atoms with Crippen molar-refractivity contribution in [3.63, 3.8) is 0 Å². The summed E-state index contributed by atoms with van der Waals surface area (Å²) in [6.07, 6.45) is 5.60. The van der Waals surface area contributed by atoms with Crippen LogP contribution in [0.4, 0.5) is 11.4 Å². The first-order valence-electron chi connectivity index (χ1n) is 12.9. The molecule has 3 amide bonds. The number of aromatic nitrogens is 2. The Kier molecular flexibility index (Phi) is 7.51. The van der Waals surface area contributed by atoms with Gasteiger partial charge in [0.25, 0.3) is 11.8 Å². The van der Waals surface area contributed by atoms with Crippen molar-refractivity contribution in [2.75, 3.05) is 17.2 Å². The molecule has 1 atom stereocenters. The van der Waals surface area contributed by atoms with Crippen molar-refractivity contribution in [3.05, 3.63) is 70.9 Å². The number of nitrogens with one attached hydrogen (secondary N) is 2. The van der Waals surface area contributed by atoms with Gasteiger partial charge in [-0.3, -0.25) is 19.3 Å². The summed E-state index contributed by atoms with van der Waals surface area (Å²) in [4.78, 5) is 44.9. The van der Waals surface area contributed by atoms with Crippen LogP contribution in [-0.2, 0) is 4.79 Å². The maximum Gasteiger partial charge on any atom is 0.273 e. The molecule has 0 saturated heterocycles. The predicted molar refractivity (Wildman–Crippen MR) is 151 cm³/mol. The van der Waals surface area contributed by atoms with Gasteiger partial charge in [0.1, 0.15) is 16.7 Å². The minimum absolute atomic E-state index is 0.0243. The average molecular weight is 547 g/mol. The maximum atomic E-state index is 14.3. The lowest BCUT2D eigenvalue weighted by atomic mass is 10.0. The Morgan fingerprint density at radius 1 is 1.15 bits per heavy atom. The number of nitrogens with zero attached hydrogens (tertiary/aromatic N) is 2. The number of ether oxygens (including phenoxy) is 1. The van der Waals surface area contributed by atoms with Crippen molar-refractivity contribution in [2.24, 2.45) is 5.73 Å². The molecule has 1 aliphatic carbocycles. The van der Waals surface area contributed by atoms with Crippen molar-refractivity contribution < 1.29 is 19.1 Å². The molecule has 0 aliphatic heterocycles. The van der Waals surface area contributed by atoms with Crippen molar-refractivity contribution in [3.8, 4) is 5.75 Å². The van der Waals surface area contributed by atoms with Crippen LogP contribution in [0.15, 0.2) is 54.7 Å². The molecule has 4 aromatic rings. The maximum absolute atomic E-state index is 14.3. The lowest BCUT2D eigenvalue weighted by Crippen LogP contribution is -2.46. The van der Waals surface area contributed by atoms with Crippen LogP contribution in [0.1, 0.15) is 64.4 Å². The standard InChI is InChI=1S/C28H30N6O4S/c1-2-38-18-13-11-17(12-14-18)34(28(37)25-22(29)23(26(30)35)33-39-25)24(27(36)32-16-7-3-4-8-16)20-15-31-21-10-6-5-9-19(20)21/h5-6,9-16,24,31H,2-4,7-8,29H2,1H3,(H2,30,35)(H,32,36). The van der Waals surface area contributed by atoms with E-state index >= 15 is 0 Å². The topological polar surface area (TPSA) is 156 Å². The van der Waals surface area contributed by atoms with Crippen molar-refractivity contribution in [2.45, 2.75) is 44.7 Å². The average Bonchev–Trinajstić information content (AvgIpc) is 3.68. The largest absolute Gasteiger partial charge is 0.494 e. The number of para-hydroxylation sites is 1. The van der Waals surface area contributed by atoms with Gasteiger partial charge in [0, 0.05) is 34.4 Å². The first-order chi connectivity index (χ1) is 18.9. The summed E-state index contributed by atoms with van der Waals surface area (Å²) < 4.78 is 9.61. The number of primary amides is 1. The number of carbonyl (C=O) groups is 3. The van der Waals surface area contributed by atoms with Gasteiger partial charge in [-0.2, -0.15) is 4.37 Å². The number of anilines is 2. The first-order valence-corrected chi connectivity index (χ1v) is 13.6. The molecule has 0 spiro atoms. The summed E-state index contributed by atoms with van der Waals surface area (Å²) in [5.41, 5.74) is 13.2. The molecule has 2 aromatic carbocycles. The third kappa shape index (κ3) is 5.17. The molecule has 5 rings (SSSR count). The van der Waals surface area contributed by atoms with E-state index in [1.54, 1.807) is 30.5 Å². The SMILES string of the molecule is CCOc1ccc(N(C(=O)c2snc(C(N)=O)c2N)C(C(=O)NC2CCCC2)c2c[nH]c3ccccc23)cc1. The van der Waals surface area contributed by atoms with Crippen LogP contribution < -0.4 is 26.4 Å². The molecular formula is C28H30N6O4S. The molecule has 202 valence electrons. The number of amides is 3. The highest BCUT2D eigenvalue weighted by Crippen LogP contribution is 2.37. The van der Waals surface area contributed by atoms with Crippen LogP contribution in [-0.4, -0.2) is 39.7 Å². The van der Waals surface area contributed by atoms with Crippen LogP contribution in [0, 0.1) is 0 Å². The van der Waals surface area contributed by atoms with Gasteiger partial charge < -0.3 is 26.5 Å². The van der Waals surface area contributed by atoms with E-state index in [2.05, 4.69) is 14.7 Å². The number of fused-ring (bicyclic) bond motifs is 1. The van der Waals surface area contributed by atoms with Gasteiger partial charge in [-0.1, -0.05) is 31.0 Å². The molecule has 1 aliphatic rings. The summed E-state index contributed by atoms with van der Waals surface area (Å²) in [5, 5.41) is 3.98. The van der Waals surface area contributed by atoms with Gasteiger partial charge in [0.05, 0.1) is 12.3 Å².